The number of pyridine rings is 2. The van der Waals surface area contributed by atoms with Crippen molar-refractivity contribution in [3.8, 4) is 0 Å². The normalized spacial score (nSPS) is 23.3. The Hall–Kier alpha value is -3.01. The van der Waals surface area contributed by atoms with Crippen molar-refractivity contribution in [2.45, 2.75) is 83.8 Å². The van der Waals surface area contributed by atoms with Crippen molar-refractivity contribution in [3.05, 3.63) is 35.9 Å². The second-order valence-electron chi connectivity index (χ2n) is 13.3. The first-order valence-corrected chi connectivity index (χ1v) is 15.3. The third-order valence-corrected chi connectivity index (χ3v) is 8.92. The van der Waals surface area contributed by atoms with E-state index in [2.05, 4.69) is 61.5 Å². The molecule has 2 fully saturated rings. The number of urea groups is 1. The number of rotatable bonds is 3. The van der Waals surface area contributed by atoms with Crippen LogP contribution in [-0.4, -0.2) is 64.6 Å². The van der Waals surface area contributed by atoms with E-state index < -0.39 is 0 Å². The van der Waals surface area contributed by atoms with Crippen molar-refractivity contribution in [2.75, 3.05) is 41.3 Å². The quantitative estimate of drug-likeness (QED) is 0.455. The van der Waals surface area contributed by atoms with Gasteiger partial charge in [0.1, 0.15) is 22.5 Å². The summed E-state index contributed by atoms with van der Waals surface area (Å²) in [7, 11) is 0. The molecule has 5 heterocycles. The summed E-state index contributed by atoms with van der Waals surface area (Å²) in [5.41, 5.74) is 0.499. The number of aromatic nitrogens is 2. The molecule has 0 radical (unpaired) electrons. The van der Waals surface area contributed by atoms with Crippen LogP contribution >= 0.6 is 11.9 Å². The highest BCUT2D eigenvalue weighted by atomic mass is 32.2. The topological polar surface area (TPSA) is 93.7 Å². The molecule has 2 aromatic heterocycles. The Labute approximate surface area is 242 Å². The van der Waals surface area contributed by atoms with Crippen molar-refractivity contribution >= 4 is 41.3 Å². The third kappa shape index (κ3) is 6.32. The van der Waals surface area contributed by atoms with E-state index in [0.29, 0.717) is 41.2 Å². The molecular weight excluding hydrogens is 522 g/mol. The minimum Gasteiger partial charge on any atom is -0.368 e. The molecule has 3 amide bonds. The molecule has 2 N–H and O–H groups in total. The Kier molecular flexibility index (Phi) is 7.92. The molecule has 3 aliphatic rings. The molecule has 4 bridgehead atoms. The number of nitrogens with zero attached hydrogens (tertiary/aromatic N) is 5. The van der Waals surface area contributed by atoms with Crippen molar-refractivity contribution < 1.29 is 9.59 Å². The van der Waals surface area contributed by atoms with Crippen LogP contribution in [0.15, 0.2) is 35.4 Å². The van der Waals surface area contributed by atoms with E-state index in [4.69, 9.17) is 4.98 Å². The lowest BCUT2D eigenvalue weighted by Gasteiger charge is -2.34. The van der Waals surface area contributed by atoms with Gasteiger partial charge in [-0.25, -0.2) is 14.8 Å². The monoisotopic (exact) mass is 565 g/mol. The zero-order chi connectivity index (χ0) is 28.7. The third-order valence-electron chi connectivity index (χ3n) is 8.20. The van der Waals surface area contributed by atoms with Crippen LogP contribution in [0, 0.1) is 11.3 Å². The first-order valence-electron chi connectivity index (χ1n) is 14.5. The van der Waals surface area contributed by atoms with Gasteiger partial charge in [0.05, 0.1) is 5.56 Å². The van der Waals surface area contributed by atoms with Crippen molar-refractivity contribution in [3.63, 3.8) is 0 Å². The summed E-state index contributed by atoms with van der Waals surface area (Å²) in [4.78, 5) is 42.6. The highest BCUT2D eigenvalue weighted by Crippen LogP contribution is 2.40. The lowest BCUT2D eigenvalue weighted by Crippen LogP contribution is -2.40. The summed E-state index contributed by atoms with van der Waals surface area (Å²) in [6, 6.07) is 9.71. The molecule has 5 rings (SSSR count). The fourth-order valence-corrected chi connectivity index (χ4v) is 6.51. The second-order valence-corrected chi connectivity index (χ2v) is 14.1. The predicted octanol–water partition coefficient (Wildman–Crippen LogP) is 5.79. The number of hydrogen-bond donors (Lipinski definition) is 2. The van der Waals surface area contributed by atoms with Crippen LogP contribution in [0.4, 0.5) is 22.2 Å². The van der Waals surface area contributed by atoms with E-state index in [1.807, 2.05) is 35.2 Å². The molecule has 2 aromatic rings. The number of nitrogens with one attached hydrogen (secondary N) is 2. The van der Waals surface area contributed by atoms with Crippen LogP contribution in [-0.2, 0) is 0 Å². The van der Waals surface area contributed by atoms with Gasteiger partial charge in [-0.2, -0.15) is 0 Å². The highest BCUT2D eigenvalue weighted by molar-refractivity contribution is 7.97. The molecule has 0 saturated carbocycles. The van der Waals surface area contributed by atoms with Crippen LogP contribution in [0.5, 0.6) is 0 Å². The highest BCUT2D eigenvalue weighted by Gasteiger charge is 2.41. The van der Waals surface area contributed by atoms with Gasteiger partial charge in [-0.1, -0.05) is 26.8 Å². The lowest BCUT2D eigenvalue weighted by molar-refractivity contribution is 0.0984. The van der Waals surface area contributed by atoms with E-state index in [0.717, 1.165) is 44.6 Å². The van der Waals surface area contributed by atoms with Crippen molar-refractivity contribution in [1.29, 1.82) is 0 Å². The smallest absolute Gasteiger partial charge is 0.325 e. The Balaban J connectivity index is 1.47. The van der Waals surface area contributed by atoms with Gasteiger partial charge in [0, 0.05) is 49.7 Å². The number of carbonyl (C=O) groups excluding carboxylic acids is 2. The summed E-state index contributed by atoms with van der Waals surface area (Å²) in [6.45, 7) is 16.1. The van der Waals surface area contributed by atoms with Crippen LogP contribution in [0.25, 0.3) is 0 Å². The van der Waals surface area contributed by atoms with Crippen molar-refractivity contribution in [1.82, 2.24) is 19.6 Å². The molecule has 0 aromatic carbocycles. The minimum atomic E-state index is -0.221. The summed E-state index contributed by atoms with van der Waals surface area (Å²) in [6.07, 6.45) is 4.05. The summed E-state index contributed by atoms with van der Waals surface area (Å²) >= 11 is 1.20. The fourth-order valence-electron chi connectivity index (χ4n) is 5.91. The number of fused-ring (bicyclic) bond motifs is 6. The standard InChI is InChI=1S/C30H43N7O2S/c1-20-10-11-21-18-30(5,6)37(19-21)26-22(27(38)34-40-25-9-7-8-23(31-20)32-25)12-13-24(33-26)36-17-16-35(28(36)39)15-14-29(2,3)4/h7-9,12-13,20-21H,10-11,14-19H2,1-6H3,(H,31,32)(H,34,38). The molecule has 216 valence electrons. The van der Waals surface area contributed by atoms with Crippen LogP contribution in [0.2, 0.25) is 0 Å². The van der Waals surface area contributed by atoms with E-state index >= 15 is 0 Å². The molecule has 0 aliphatic carbocycles. The fraction of sp³-hybridized carbons (Fsp3) is 0.600. The summed E-state index contributed by atoms with van der Waals surface area (Å²) < 4.78 is 2.98. The Morgan fingerprint density at radius 2 is 1.88 bits per heavy atom. The van der Waals surface area contributed by atoms with E-state index in [-0.39, 0.29) is 28.9 Å². The average Bonchev–Trinajstić information content (AvgIpc) is 3.41. The number of amides is 3. The van der Waals surface area contributed by atoms with Gasteiger partial charge in [0.25, 0.3) is 5.91 Å². The lowest BCUT2D eigenvalue weighted by atomic mass is 9.92. The number of hydrogen-bond acceptors (Lipinski definition) is 7. The average molecular weight is 566 g/mol. The maximum absolute atomic E-state index is 13.6. The molecule has 2 atom stereocenters. The maximum Gasteiger partial charge on any atom is 0.325 e. The Bertz CT molecular complexity index is 1260. The van der Waals surface area contributed by atoms with Crippen LogP contribution < -0.4 is 19.8 Å². The van der Waals surface area contributed by atoms with Gasteiger partial charge in [-0.3, -0.25) is 14.4 Å². The van der Waals surface area contributed by atoms with E-state index in [9.17, 15) is 9.59 Å². The zero-order valence-electron chi connectivity index (χ0n) is 24.7. The molecule has 40 heavy (non-hydrogen) atoms. The minimum absolute atomic E-state index is 0.0140. The van der Waals surface area contributed by atoms with Crippen molar-refractivity contribution in [2.24, 2.45) is 11.3 Å². The van der Waals surface area contributed by atoms with Gasteiger partial charge < -0.3 is 15.1 Å². The largest absolute Gasteiger partial charge is 0.368 e. The maximum atomic E-state index is 13.6. The van der Waals surface area contributed by atoms with Gasteiger partial charge in [-0.15, -0.1) is 0 Å². The zero-order valence-corrected chi connectivity index (χ0v) is 25.5. The Morgan fingerprint density at radius 3 is 2.65 bits per heavy atom. The number of carbonyl (C=O) groups is 2. The van der Waals surface area contributed by atoms with Gasteiger partial charge in [-0.05, 0) is 82.1 Å². The molecule has 2 saturated heterocycles. The first kappa shape index (κ1) is 28.5. The number of anilines is 3. The predicted molar refractivity (Wildman–Crippen MR) is 162 cm³/mol. The van der Waals surface area contributed by atoms with Crippen LogP contribution in [0.3, 0.4) is 0 Å². The molecular formula is C30H43N7O2S. The van der Waals surface area contributed by atoms with Gasteiger partial charge >= 0.3 is 6.03 Å². The van der Waals surface area contributed by atoms with E-state index in [1.165, 1.54) is 11.9 Å². The molecule has 9 nitrogen and oxygen atoms in total. The first-order chi connectivity index (χ1) is 18.9. The summed E-state index contributed by atoms with van der Waals surface area (Å²) in [5, 5.41) is 4.23. The van der Waals surface area contributed by atoms with Gasteiger partial charge in [0.15, 0.2) is 0 Å². The molecule has 3 aliphatic heterocycles. The molecule has 2 unspecified atom stereocenters. The van der Waals surface area contributed by atoms with E-state index in [1.54, 1.807) is 4.90 Å². The van der Waals surface area contributed by atoms with Gasteiger partial charge in [0.2, 0.25) is 0 Å². The molecule has 0 spiro atoms. The second kappa shape index (κ2) is 11.1. The molecule has 10 heteroatoms. The Morgan fingerprint density at radius 1 is 1.07 bits per heavy atom. The SMILES string of the molecule is CC1CCC2CN(c3nc(N4CCN(CCC(C)(C)C)C4=O)ccc3C(=O)NSc3cccc(n3)N1)C(C)(C)C2. The van der Waals surface area contributed by atoms with Crippen LogP contribution in [0.1, 0.15) is 77.6 Å². The summed E-state index contributed by atoms with van der Waals surface area (Å²) in [5.74, 6) is 2.31.